The van der Waals surface area contributed by atoms with Crippen molar-refractivity contribution in [3.05, 3.63) is 29.6 Å². The molecule has 0 fully saturated rings. The van der Waals surface area contributed by atoms with Crippen molar-refractivity contribution in [3.8, 4) is 0 Å². The Balaban J connectivity index is 0.000000640. The summed E-state index contributed by atoms with van der Waals surface area (Å²) in [6, 6.07) is 2.05. The second-order valence-electron chi connectivity index (χ2n) is 1.94. The molecule has 1 aromatic rings. The fourth-order valence-corrected chi connectivity index (χ4v) is 0.647. The molecule has 0 N–H and O–H groups in total. The van der Waals surface area contributed by atoms with E-state index < -0.39 is 0 Å². The second-order valence-corrected chi connectivity index (χ2v) is 1.94. The van der Waals surface area contributed by atoms with Crippen LogP contribution in [0.25, 0.3) is 0 Å². The van der Waals surface area contributed by atoms with Gasteiger partial charge in [0, 0.05) is 0 Å². The molecule has 0 spiro atoms. The predicted octanol–water partition coefficient (Wildman–Crippen LogP) is -1.50. The average Bonchev–Trinajstić information content (AvgIpc) is 1.64. The molecule has 42 valence electrons. The van der Waals surface area contributed by atoms with Gasteiger partial charge in [0.25, 0.3) is 0 Å². The normalized spacial score (nSPS) is 8.22. The molecule has 0 aromatic carbocycles. The van der Waals surface area contributed by atoms with Crippen LogP contribution >= 0.6 is 0 Å². The molecule has 0 saturated carbocycles. The van der Waals surface area contributed by atoms with Gasteiger partial charge in [0.15, 0.2) is 0 Å². The maximum absolute atomic E-state index is 3.86. The summed E-state index contributed by atoms with van der Waals surface area (Å²) in [5.41, 5.74) is 2.30. The van der Waals surface area contributed by atoms with Crippen molar-refractivity contribution in [1.29, 1.82) is 0 Å². The van der Waals surface area contributed by atoms with Gasteiger partial charge < -0.3 is 4.98 Å². The summed E-state index contributed by atoms with van der Waals surface area (Å²) in [4.78, 5) is 3.86. The third kappa shape index (κ3) is 2.69. The first-order valence-corrected chi connectivity index (χ1v) is 2.60. The summed E-state index contributed by atoms with van der Waals surface area (Å²) in [5.74, 6) is 0. The summed E-state index contributed by atoms with van der Waals surface area (Å²) in [6.07, 6.45) is 4.62. The van der Waals surface area contributed by atoms with Gasteiger partial charge in [-0.3, -0.25) is 0 Å². The van der Waals surface area contributed by atoms with Crippen molar-refractivity contribution in [2.75, 3.05) is 0 Å². The monoisotopic (exact) mass is 113 g/mol. The molecular weight excluding hydrogens is 105 g/mol. The van der Waals surface area contributed by atoms with E-state index in [4.69, 9.17) is 0 Å². The quantitative estimate of drug-likeness (QED) is 0.295. The number of aryl methyl sites for hydroxylation is 2. The Morgan fingerprint density at radius 3 is 2.44 bits per heavy atom. The summed E-state index contributed by atoms with van der Waals surface area (Å²) >= 11 is 0. The summed E-state index contributed by atoms with van der Waals surface area (Å²) in [6.45, 7) is 4.01. The maximum atomic E-state index is 3.86. The smallest absolute Gasteiger partial charge is 0.394 e. The first-order chi connectivity index (χ1) is 3.79. The Morgan fingerprint density at radius 1 is 1.44 bits per heavy atom. The minimum absolute atomic E-state index is 0. The molecule has 2 heteroatoms. The molecule has 0 atom stereocenters. The van der Waals surface area contributed by atoms with E-state index in [9.17, 15) is 0 Å². The zero-order valence-corrected chi connectivity index (χ0v) is 6.10. The molecule has 0 saturated heterocycles. The first-order valence-electron chi connectivity index (χ1n) is 2.60. The third-order valence-electron chi connectivity index (χ3n) is 0.953. The standard InChI is InChI=1S/C7H8N.Li/c1-6-3-7(2)5-8-4-6;/h3-4H,1-2H3;/q-1;+1. The van der Waals surface area contributed by atoms with Crippen LogP contribution in [0.1, 0.15) is 11.1 Å². The zero-order chi connectivity index (χ0) is 5.98. The topological polar surface area (TPSA) is 12.9 Å². The predicted molar refractivity (Wildman–Crippen MR) is 32.5 cm³/mol. The Morgan fingerprint density at radius 2 is 2.11 bits per heavy atom. The SMILES string of the molecule is Cc1[c-]ncc(C)c1.[Li+]. The van der Waals surface area contributed by atoms with Crippen LogP contribution in [-0.4, -0.2) is 4.98 Å². The van der Waals surface area contributed by atoms with Crippen molar-refractivity contribution in [2.24, 2.45) is 0 Å². The van der Waals surface area contributed by atoms with Crippen LogP contribution < -0.4 is 18.9 Å². The van der Waals surface area contributed by atoms with E-state index in [1.807, 2.05) is 19.9 Å². The Bertz CT molecular complexity index is 169. The molecule has 0 unspecified atom stereocenters. The van der Waals surface area contributed by atoms with Crippen LogP contribution in [0.5, 0.6) is 0 Å². The summed E-state index contributed by atoms with van der Waals surface area (Å²) < 4.78 is 0. The van der Waals surface area contributed by atoms with Gasteiger partial charge in [-0.05, 0) is 0 Å². The Hall–Kier alpha value is -0.253. The van der Waals surface area contributed by atoms with E-state index in [1.165, 1.54) is 5.56 Å². The molecule has 1 nitrogen and oxygen atoms in total. The fraction of sp³-hybridized carbons (Fsp3) is 0.286. The van der Waals surface area contributed by atoms with Gasteiger partial charge in [0.1, 0.15) is 0 Å². The Labute approximate surface area is 67.7 Å². The largest absolute Gasteiger partial charge is 1.00 e. The van der Waals surface area contributed by atoms with Crippen molar-refractivity contribution in [3.63, 3.8) is 0 Å². The molecule has 0 bridgehead atoms. The molecule has 1 aromatic heterocycles. The van der Waals surface area contributed by atoms with Crippen LogP contribution in [0.4, 0.5) is 0 Å². The maximum Gasteiger partial charge on any atom is 1.00 e. The van der Waals surface area contributed by atoms with E-state index in [1.54, 1.807) is 6.20 Å². The van der Waals surface area contributed by atoms with Crippen LogP contribution in [-0.2, 0) is 0 Å². The van der Waals surface area contributed by atoms with Crippen LogP contribution in [0, 0.1) is 20.0 Å². The molecule has 0 radical (unpaired) electrons. The molecule has 1 heterocycles. The van der Waals surface area contributed by atoms with Gasteiger partial charge in [-0.2, -0.15) is 6.07 Å². The molecule has 0 amide bonds. The van der Waals surface area contributed by atoms with Crippen molar-refractivity contribution in [2.45, 2.75) is 13.8 Å². The number of nitrogens with zero attached hydrogens (tertiary/aromatic N) is 1. The van der Waals surface area contributed by atoms with E-state index in [2.05, 4.69) is 11.2 Å². The number of pyridine rings is 1. The van der Waals surface area contributed by atoms with Crippen LogP contribution in [0.15, 0.2) is 12.3 Å². The average molecular weight is 113 g/mol. The molecular formula is C7H8LiN. The van der Waals surface area contributed by atoms with E-state index in [0.717, 1.165) is 5.56 Å². The number of aromatic nitrogens is 1. The second kappa shape index (κ2) is 3.71. The van der Waals surface area contributed by atoms with Crippen molar-refractivity contribution in [1.82, 2.24) is 4.98 Å². The third-order valence-corrected chi connectivity index (χ3v) is 0.953. The minimum Gasteiger partial charge on any atom is -0.394 e. The van der Waals surface area contributed by atoms with Gasteiger partial charge in [-0.1, -0.05) is 26.2 Å². The molecule has 9 heavy (non-hydrogen) atoms. The minimum atomic E-state index is 0. The van der Waals surface area contributed by atoms with Gasteiger partial charge in [0.2, 0.25) is 0 Å². The fourth-order valence-electron chi connectivity index (χ4n) is 0.647. The van der Waals surface area contributed by atoms with Gasteiger partial charge in [-0.25, -0.2) is 0 Å². The molecule has 0 aliphatic rings. The number of hydrogen-bond acceptors (Lipinski definition) is 1. The van der Waals surface area contributed by atoms with Crippen LogP contribution in [0.3, 0.4) is 0 Å². The number of rotatable bonds is 0. The van der Waals surface area contributed by atoms with Crippen molar-refractivity contribution >= 4 is 0 Å². The molecule has 0 aliphatic carbocycles. The van der Waals surface area contributed by atoms with Gasteiger partial charge in [0.05, 0.1) is 0 Å². The van der Waals surface area contributed by atoms with E-state index in [0.29, 0.717) is 0 Å². The molecule has 0 aliphatic heterocycles. The zero-order valence-electron chi connectivity index (χ0n) is 6.10. The molecule has 1 rings (SSSR count). The van der Waals surface area contributed by atoms with Gasteiger partial charge >= 0.3 is 18.9 Å². The number of hydrogen-bond donors (Lipinski definition) is 0. The van der Waals surface area contributed by atoms with E-state index in [-0.39, 0.29) is 18.9 Å². The van der Waals surface area contributed by atoms with Crippen LogP contribution in [0.2, 0.25) is 0 Å². The van der Waals surface area contributed by atoms with Gasteiger partial charge in [-0.15, -0.1) is 11.1 Å². The summed E-state index contributed by atoms with van der Waals surface area (Å²) in [7, 11) is 0. The summed E-state index contributed by atoms with van der Waals surface area (Å²) in [5, 5.41) is 0. The first kappa shape index (κ1) is 8.75. The van der Waals surface area contributed by atoms with E-state index >= 15 is 0 Å². The van der Waals surface area contributed by atoms with Crippen molar-refractivity contribution < 1.29 is 18.9 Å². The Kier molecular flexibility index (Phi) is 3.61.